The second-order valence-electron chi connectivity index (χ2n) is 6.43. The van der Waals surface area contributed by atoms with Crippen LogP contribution in [0.4, 0.5) is 0 Å². The fourth-order valence-electron chi connectivity index (χ4n) is 2.99. The molecule has 4 rings (SSSR count). The van der Waals surface area contributed by atoms with Crippen molar-refractivity contribution in [2.45, 2.75) is 6.54 Å². The maximum absolute atomic E-state index is 12.9. The lowest BCUT2D eigenvalue weighted by atomic mass is 10.1. The number of carbonyl (C=O) groups is 2. The lowest BCUT2D eigenvalue weighted by Crippen LogP contribution is -2.34. The molecule has 4 aromatic rings. The van der Waals surface area contributed by atoms with Gasteiger partial charge in [0.2, 0.25) is 0 Å². The number of amides is 2. The van der Waals surface area contributed by atoms with E-state index >= 15 is 0 Å². The molecule has 0 aliphatic rings. The van der Waals surface area contributed by atoms with Crippen LogP contribution in [0.2, 0.25) is 0 Å². The van der Waals surface area contributed by atoms with Crippen LogP contribution >= 0.6 is 11.3 Å². The first-order chi connectivity index (χ1) is 14.2. The van der Waals surface area contributed by atoms with Crippen LogP contribution in [-0.2, 0) is 11.3 Å². The zero-order chi connectivity index (χ0) is 20.1. The highest BCUT2D eigenvalue weighted by Gasteiger charge is 2.15. The van der Waals surface area contributed by atoms with Crippen molar-refractivity contribution in [3.63, 3.8) is 0 Å². The Morgan fingerprint density at radius 3 is 2.55 bits per heavy atom. The summed E-state index contributed by atoms with van der Waals surface area (Å²) in [5.41, 5.74) is 2.48. The van der Waals surface area contributed by atoms with Gasteiger partial charge >= 0.3 is 0 Å². The topological polar surface area (TPSA) is 74.0 Å². The van der Waals surface area contributed by atoms with Crippen molar-refractivity contribution in [2.24, 2.45) is 0 Å². The highest BCUT2D eigenvalue weighted by molar-refractivity contribution is 7.09. The summed E-state index contributed by atoms with van der Waals surface area (Å²) in [4.78, 5) is 29.7. The van der Waals surface area contributed by atoms with Gasteiger partial charge in [0.05, 0.1) is 6.54 Å². The quantitative estimate of drug-likeness (QED) is 0.421. The summed E-state index contributed by atoms with van der Waals surface area (Å²) in [5.74, 6) is -0.670. The Morgan fingerprint density at radius 1 is 0.966 bits per heavy atom. The third-order valence-electron chi connectivity index (χ3n) is 4.45. The molecule has 3 N–H and O–H groups in total. The number of para-hydroxylation sites is 1. The second kappa shape index (κ2) is 8.58. The Bertz CT molecular complexity index is 1160. The molecule has 0 aliphatic heterocycles. The zero-order valence-corrected chi connectivity index (χ0v) is 16.3. The van der Waals surface area contributed by atoms with Crippen LogP contribution in [0, 0.1) is 0 Å². The molecule has 0 spiro atoms. The molecule has 0 saturated carbocycles. The molecular weight excluding hydrogens is 382 g/mol. The van der Waals surface area contributed by atoms with E-state index in [1.54, 1.807) is 41.7 Å². The van der Waals surface area contributed by atoms with Gasteiger partial charge in [-0.25, -0.2) is 0 Å². The number of thiophene rings is 1. The number of hydrogen-bond donors (Lipinski definition) is 3. The van der Waals surface area contributed by atoms with E-state index in [2.05, 4.69) is 15.6 Å². The van der Waals surface area contributed by atoms with Crippen molar-refractivity contribution in [3.05, 3.63) is 100 Å². The number of aromatic amines is 1. The van der Waals surface area contributed by atoms with E-state index in [4.69, 9.17) is 0 Å². The lowest BCUT2D eigenvalue weighted by Gasteiger charge is -2.11. The summed E-state index contributed by atoms with van der Waals surface area (Å²) in [6.07, 6.45) is 3.52. The van der Waals surface area contributed by atoms with Gasteiger partial charge in [0.25, 0.3) is 11.8 Å². The van der Waals surface area contributed by atoms with Gasteiger partial charge in [0, 0.05) is 33.1 Å². The van der Waals surface area contributed by atoms with Crippen LogP contribution in [0.15, 0.2) is 84.0 Å². The number of rotatable bonds is 6. The van der Waals surface area contributed by atoms with E-state index in [1.165, 1.54) is 0 Å². The fraction of sp³-hybridized carbons (Fsp3) is 0.0435. The first kappa shape index (κ1) is 18.7. The molecule has 0 atom stereocenters. The Labute approximate surface area is 172 Å². The molecule has 144 valence electrons. The van der Waals surface area contributed by atoms with E-state index in [9.17, 15) is 9.59 Å². The first-order valence-corrected chi connectivity index (χ1v) is 10.0. The normalized spacial score (nSPS) is 11.4. The Morgan fingerprint density at radius 2 is 1.76 bits per heavy atom. The molecule has 0 fully saturated rings. The molecule has 0 saturated heterocycles. The average Bonchev–Trinajstić information content (AvgIpc) is 3.42. The predicted molar refractivity (Wildman–Crippen MR) is 116 cm³/mol. The minimum absolute atomic E-state index is 0.195. The van der Waals surface area contributed by atoms with Crippen LogP contribution in [0.25, 0.3) is 17.0 Å². The molecule has 0 radical (unpaired) electrons. The summed E-state index contributed by atoms with van der Waals surface area (Å²) in [6, 6.07) is 20.5. The molecule has 0 bridgehead atoms. The molecule has 0 aliphatic carbocycles. The van der Waals surface area contributed by atoms with E-state index in [0.29, 0.717) is 12.1 Å². The lowest BCUT2D eigenvalue weighted by molar-refractivity contribution is -0.117. The Hall–Kier alpha value is -3.64. The summed E-state index contributed by atoms with van der Waals surface area (Å²) in [5, 5.41) is 8.58. The van der Waals surface area contributed by atoms with Crippen molar-refractivity contribution in [1.82, 2.24) is 15.6 Å². The summed E-state index contributed by atoms with van der Waals surface area (Å²) in [7, 11) is 0. The number of hydrogen-bond acceptors (Lipinski definition) is 3. The molecular formula is C23H19N3O2S. The summed E-state index contributed by atoms with van der Waals surface area (Å²) < 4.78 is 0. The maximum Gasteiger partial charge on any atom is 0.268 e. The number of aromatic nitrogens is 1. The van der Waals surface area contributed by atoms with Gasteiger partial charge in [-0.15, -0.1) is 11.3 Å². The largest absolute Gasteiger partial charge is 0.361 e. The highest BCUT2D eigenvalue weighted by atomic mass is 32.1. The summed E-state index contributed by atoms with van der Waals surface area (Å²) >= 11 is 1.57. The van der Waals surface area contributed by atoms with Crippen molar-refractivity contribution in [3.8, 4) is 0 Å². The monoisotopic (exact) mass is 401 g/mol. The van der Waals surface area contributed by atoms with E-state index in [0.717, 1.165) is 21.3 Å². The molecule has 29 heavy (non-hydrogen) atoms. The second-order valence-corrected chi connectivity index (χ2v) is 7.46. The van der Waals surface area contributed by atoms with Gasteiger partial charge in [-0.1, -0.05) is 42.5 Å². The third kappa shape index (κ3) is 4.44. The molecule has 2 aromatic carbocycles. The average molecular weight is 401 g/mol. The van der Waals surface area contributed by atoms with Crippen LogP contribution in [0.3, 0.4) is 0 Å². The predicted octanol–water partition coefficient (Wildman–Crippen LogP) is 4.32. The maximum atomic E-state index is 12.9. The van der Waals surface area contributed by atoms with Crippen molar-refractivity contribution >= 4 is 40.1 Å². The number of benzene rings is 2. The number of fused-ring (bicyclic) bond motifs is 1. The third-order valence-corrected chi connectivity index (χ3v) is 5.33. The van der Waals surface area contributed by atoms with Gasteiger partial charge in [-0.3, -0.25) is 9.59 Å². The van der Waals surface area contributed by atoms with Gasteiger partial charge in [-0.05, 0) is 35.7 Å². The van der Waals surface area contributed by atoms with Crippen LogP contribution in [0.5, 0.6) is 0 Å². The summed E-state index contributed by atoms with van der Waals surface area (Å²) in [6.45, 7) is 0.406. The number of H-pyrrole nitrogens is 1. The van der Waals surface area contributed by atoms with Crippen molar-refractivity contribution in [2.75, 3.05) is 0 Å². The highest BCUT2D eigenvalue weighted by Crippen LogP contribution is 2.20. The smallest absolute Gasteiger partial charge is 0.268 e. The molecule has 5 nitrogen and oxygen atoms in total. The minimum Gasteiger partial charge on any atom is -0.361 e. The fourth-order valence-corrected chi connectivity index (χ4v) is 3.63. The Balaban J connectivity index is 1.62. The van der Waals surface area contributed by atoms with Crippen molar-refractivity contribution in [1.29, 1.82) is 0 Å². The molecule has 6 heteroatoms. The van der Waals surface area contributed by atoms with Gasteiger partial charge < -0.3 is 15.6 Å². The standard InChI is InChI=1S/C23H19N3O2S/c27-22(16-7-2-1-3-8-16)26-21(23(28)25-15-18-9-6-12-29-18)13-17-14-24-20-11-5-4-10-19(17)20/h1-14,24H,15H2,(H,25,28)(H,26,27)/b21-13-. The van der Waals surface area contributed by atoms with Crippen LogP contribution < -0.4 is 10.6 Å². The Kier molecular flexibility index (Phi) is 5.54. The number of carbonyl (C=O) groups excluding carboxylic acids is 2. The SMILES string of the molecule is O=C(NCc1cccs1)/C(=C/c1c[nH]c2ccccc12)NC(=O)c1ccccc1. The number of nitrogens with one attached hydrogen (secondary N) is 3. The molecule has 0 unspecified atom stereocenters. The molecule has 2 amide bonds. The molecule has 2 aromatic heterocycles. The van der Waals surface area contributed by atoms with E-state index in [-0.39, 0.29) is 17.5 Å². The van der Waals surface area contributed by atoms with E-state index in [1.807, 2.05) is 54.0 Å². The minimum atomic E-state index is -0.340. The first-order valence-electron chi connectivity index (χ1n) is 9.15. The zero-order valence-electron chi connectivity index (χ0n) is 15.5. The van der Waals surface area contributed by atoms with Crippen LogP contribution in [-0.4, -0.2) is 16.8 Å². The van der Waals surface area contributed by atoms with Gasteiger partial charge in [0.15, 0.2) is 0 Å². The van der Waals surface area contributed by atoms with Crippen LogP contribution in [0.1, 0.15) is 20.8 Å². The van der Waals surface area contributed by atoms with Crippen molar-refractivity contribution < 1.29 is 9.59 Å². The van der Waals surface area contributed by atoms with E-state index < -0.39 is 0 Å². The van der Waals surface area contributed by atoms with Gasteiger partial charge in [0.1, 0.15) is 5.70 Å². The van der Waals surface area contributed by atoms with Gasteiger partial charge in [-0.2, -0.15) is 0 Å². The molecule has 2 heterocycles.